The Morgan fingerprint density at radius 1 is 1.15 bits per heavy atom. The minimum atomic E-state index is -2.22. The van der Waals surface area contributed by atoms with E-state index in [4.69, 9.17) is 0 Å². The van der Waals surface area contributed by atoms with Gasteiger partial charge in [0.1, 0.15) is 11.9 Å². The number of Topliss-reactive ketones (excluding diaryl/α,β-unsaturated/α-hetero) is 1. The first kappa shape index (κ1) is 17.7. The smallest absolute Gasteiger partial charge is 0.264 e. The van der Waals surface area contributed by atoms with Crippen molar-refractivity contribution in [1.29, 1.82) is 0 Å². The van der Waals surface area contributed by atoms with E-state index in [-0.39, 0.29) is 23.3 Å². The zero-order valence-corrected chi connectivity index (χ0v) is 15.0. The Hall–Kier alpha value is -1.73. The summed E-state index contributed by atoms with van der Waals surface area (Å²) in [5.74, 6) is -1.24. The van der Waals surface area contributed by atoms with Gasteiger partial charge in [0.15, 0.2) is 0 Å². The number of carbonyl (C=O) groups is 3. The van der Waals surface area contributed by atoms with Gasteiger partial charge in [0, 0.05) is 17.9 Å². The Morgan fingerprint density at radius 2 is 1.88 bits per heavy atom. The van der Waals surface area contributed by atoms with Crippen LogP contribution in [0.15, 0.2) is 18.2 Å². The second-order valence-corrected chi connectivity index (χ2v) is 8.32. The van der Waals surface area contributed by atoms with Crippen molar-refractivity contribution >= 4 is 29.4 Å². The molecule has 1 N–H and O–H groups in total. The van der Waals surface area contributed by atoms with Gasteiger partial charge in [0.05, 0.1) is 17.0 Å². The number of fused-ring (bicyclic) bond motifs is 1. The molecule has 3 aliphatic rings. The summed E-state index contributed by atoms with van der Waals surface area (Å²) in [6.45, 7) is 0. The molecule has 7 heteroatoms. The number of nitrogens with zero attached hydrogens (tertiary/aromatic N) is 1. The summed E-state index contributed by atoms with van der Waals surface area (Å²) in [4.78, 5) is 37.7. The summed E-state index contributed by atoms with van der Waals surface area (Å²) >= 11 is 1.46. The molecule has 0 aromatic heterocycles. The quantitative estimate of drug-likeness (QED) is 0.645. The predicted molar refractivity (Wildman–Crippen MR) is 94.9 cm³/mol. The molecule has 3 atom stereocenters. The fraction of sp³-hybridized carbons (Fsp3) is 0.526. The summed E-state index contributed by atoms with van der Waals surface area (Å²) in [5, 5.41) is 10.3. The highest BCUT2D eigenvalue weighted by Crippen LogP contribution is 2.38. The van der Waals surface area contributed by atoms with Crippen molar-refractivity contribution in [3.8, 4) is 0 Å². The van der Waals surface area contributed by atoms with E-state index in [1.807, 2.05) is 6.07 Å². The lowest BCUT2D eigenvalue weighted by molar-refractivity contribution is -0.128. The number of hydrogen-bond donors (Lipinski definition) is 1. The Bertz CT molecular complexity index is 779. The highest BCUT2D eigenvalue weighted by atomic mass is 32.2. The number of alkyl halides is 1. The second kappa shape index (κ2) is 6.78. The van der Waals surface area contributed by atoms with E-state index in [0.29, 0.717) is 22.3 Å². The van der Waals surface area contributed by atoms with Crippen molar-refractivity contribution in [1.82, 2.24) is 4.90 Å². The van der Waals surface area contributed by atoms with Crippen LogP contribution >= 0.6 is 11.8 Å². The van der Waals surface area contributed by atoms with Gasteiger partial charge >= 0.3 is 0 Å². The third-order valence-corrected chi connectivity index (χ3v) is 6.75. The molecule has 138 valence electrons. The largest absolute Gasteiger partial charge is 0.387 e. The average Bonchev–Trinajstić information content (AvgIpc) is 2.83. The number of hydrogen-bond acceptors (Lipinski definition) is 5. The molecule has 2 aliphatic heterocycles. The lowest BCUT2D eigenvalue weighted by Gasteiger charge is -2.30. The Labute approximate surface area is 154 Å². The number of thioether (sulfide) groups is 1. The SMILES string of the molecule is O=C1CCSCC1C(O)C(F)N1C(=O)c2ccc(C3CCC3)cc2C1=O. The number of rotatable bonds is 4. The van der Waals surface area contributed by atoms with Gasteiger partial charge in [-0.3, -0.25) is 14.4 Å². The van der Waals surface area contributed by atoms with E-state index in [2.05, 4.69) is 0 Å². The number of aliphatic hydroxyl groups excluding tert-OH is 1. The van der Waals surface area contributed by atoms with Gasteiger partial charge in [-0.25, -0.2) is 9.29 Å². The minimum absolute atomic E-state index is 0.164. The molecule has 4 rings (SSSR count). The fourth-order valence-electron chi connectivity index (χ4n) is 3.79. The third-order valence-electron chi connectivity index (χ3n) is 5.66. The fourth-order valence-corrected chi connectivity index (χ4v) is 4.94. The van der Waals surface area contributed by atoms with Crippen molar-refractivity contribution in [3.63, 3.8) is 0 Å². The molecular formula is C19H20FNO4S. The standard InChI is InChI=1S/C19H20FNO4S/c20-17(16(23)14-9-26-7-6-15(14)22)21-18(24)12-5-4-11(10-2-1-3-10)8-13(12)19(21)25/h4-5,8,10,14,16-17,23H,1-3,6-7,9H2. The minimum Gasteiger partial charge on any atom is -0.387 e. The average molecular weight is 377 g/mol. The van der Waals surface area contributed by atoms with Gasteiger partial charge < -0.3 is 5.11 Å². The molecule has 2 amide bonds. The topological polar surface area (TPSA) is 74.7 Å². The van der Waals surface area contributed by atoms with Crippen LogP contribution in [-0.2, 0) is 4.79 Å². The van der Waals surface area contributed by atoms with E-state index >= 15 is 0 Å². The van der Waals surface area contributed by atoms with Crippen molar-refractivity contribution in [3.05, 3.63) is 34.9 Å². The van der Waals surface area contributed by atoms with Crippen LogP contribution in [0.5, 0.6) is 0 Å². The number of halogens is 1. The van der Waals surface area contributed by atoms with Crippen LogP contribution in [-0.4, -0.2) is 51.5 Å². The molecule has 1 saturated heterocycles. The molecule has 2 heterocycles. The highest BCUT2D eigenvalue weighted by Gasteiger charge is 2.46. The highest BCUT2D eigenvalue weighted by molar-refractivity contribution is 7.99. The van der Waals surface area contributed by atoms with E-state index in [1.165, 1.54) is 11.8 Å². The summed E-state index contributed by atoms with van der Waals surface area (Å²) in [6.07, 6.45) is -0.391. The first-order valence-electron chi connectivity index (χ1n) is 8.93. The van der Waals surface area contributed by atoms with Crippen molar-refractivity contribution < 1.29 is 23.9 Å². The van der Waals surface area contributed by atoms with Crippen molar-refractivity contribution in [2.45, 2.75) is 44.0 Å². The molecule has 0 radical (unpaired) electrons. The van der Waals surface area contributed by atoms with E-state index in [0.717, 1.165) is 24.8 Å². The van der Waals surface area contributed by atoms with E-state index in [9.17, 15) is 23.9 Å². The maximum absolute atomic E-state index is 14.9. The first-order chi connectivity index (χ1) is 12.5. The molecule has 1 aromatic rings. The molecule has 3 unspecified atom stereocenters. The number of amides is 2. The molecular weight excluding hydrogens is 357 g/mol. The van der Waals surface area contributed by atoms with Crippen molar-refractivity contribution in [2.24, 2.45) is 5.92 Å². The molecule has 1 saturated carbocycles. The maximum atomic E-state index is 14.9. The van der Waals surface area contributed by atoms with Crippen LogP contribution in [0.1, 0.15) is 57.9 Å². The molecule has 1 aromatic carbocycles. The van der Waals surface area contributed by atoms with Gasteiger partial charge in [-0.05, 0) is 36.5 Å². The summed E-state index contributed by atoms with van der Waals surface area (Å²) in [6, 6.07) is 5.08. The lowest BCUT2D eigenvalue weighted by atomic mass is 9.79. The zero-order chi connectivity index (χ0) is 18.4. The van der Waals surface area contributed by atoms with Gasteiger partial charge in [-0.1, -0.05) is 12.5 Å². The van der Waals surface area contributed by atoms with Crippen LogP contribution in [0.3, 0.4) is 0 Å². The van der Waals surface area contributed by atoms with Crippen LogP contribution < -0.4 is 0 Å². The van der Waals surface area contributed by atoms with Crippen LogP contribution in [0.4, 0.5) is 4.39 Å². The van der Waals surface area contributed by atoms with Gasteiger partial charge in [-0.2, -0.15) is 11.8 Å². The molecule has 1 aliphatic carbocycles. The number of imide groups is 1. The maximum Gasteiger partial charge on any atom is 0.264 e. The molecule has 0 spiro atoms. The Kier molecular flexibility index (Phi) is 4.61. The van der Waals surface area contributed by atoms with Gasteiger partial charge in [0.2, 0.25) is 6.30 Å². The monoisotopic (exact) mass is 377 g/mol. The molecule has 2 fully saturated rings. The molecule has 0 bridgehead atoms. The normalized spacial score (nSPS) is 25.8. The van der Waals surface area contributed by atoms with Gasteiger partial charge in [-0.15, -0.1) is 0 Å². The van der Waals surface area contributed by atoms with Gasteiger partial charge in [0.25, 0.3) is 11.8 Å². The number of ketones is 1. The zero-order valence-electron chi connectivity index (χ0n) is 14.2. The summed E-state index contributed by atoms with van der Waals surface area (Å²) < 4.78 is 14.9. The second-order valence-electron chi connectivity index (χ2n) is 7.17. The number of benzene rings is 1. The first-order valence-corrected chi connectivity index (χ1v) is 10.1. The Morgan fingerprint density at radius 3 is 2.54 bits per heavy atom. The summed E-state index contributed by atoms with van der Waals surface area (Å²) in [5.41, 5.74) is 1.35. The van der Waals surface area contributed by atoms with Crippen LogP contribution in [0.25, 0.3) is 0 Å². The predicted octanol–water partition coefficient (Wildman–Crippen LogP) is 2.53. The van der Waals surface area contributed by atoms with E-state index < -0.39 is 30.1 Å². The van der Waals surface area contributed by atoms with E-state index in [1.54, 1.807) is 12.1 Å². The number of carbonyl (C=O) groups excluding carboxylic acids is 3. The van der Waals surface area contributed by atoms with Crippen LogP contribution in [0.2, 0.25) is 0 Å². The van der Waals surface area contributed by atoms with Crippen molar-refractivity contribution in [2.75, 3.05) is 11.5 Å². The summed E-state index contributed by atoms with van der Waals surface area (Å²) in [7, 11) is 0. The third kappa shape index (κ3) is 2.77. The Balaban J connectivity index is 1.57. The molecule has 5 nitrogen and oxygen atoms in total. The molecule has 26 heavy (non-hydrogen) atoms. The lowest BCUT2D eigenvalue weighted by Crippen LogP contribution is -2.49. The van der Waals surface area contributed by atoms with Crippen LogP contribution in [0, 0.1) is 5.92 Å². The number of aliphatic hydroxyl groups is 1.